The summed E-state index contributed by atoms with van der Waals surface area (Å²) in [6.45, 7) is 1.53. The van der Waals surface area contributed by atoms with Gasteiger partial charge in [-0.3, -0.25) is 9.11 Å². The standard InChI is InChI=1S/C14H20ClNO2S/c1-16(13-5-9-19(17)10-6-13)7-8-18-14-4-2-3-12(15)11-14/h2-4,11,13H,5-10H2,1H3. The van der Waals surface area contributed by atoms with Gasteiger partial charge in [0.15, 0.2) is 0 Å². The smallest absolute Gasteiger partial charge is 0.120 e. The van der Waals surface area contributed by atoms with Crippen LogP contribution in [0.4, 0.5) is 0 Å². The van der Waals surface area contributed by atoms with E-state index in [0.29, 0.717) is 17.7 Å². The van der Waals surface area contributed by atoms with Gasteiger partial charge < -0.3 is 4.74 Å². The molecule has 106 valence electrons. The Balaban J connectivity index is 1.72. The minimum atomic E-state index is -0.588. The molecule has 1 aliphatic rings. The van der Waals surface area contributed by atoms with Gasteiger partial charge in [-0.15, -0.1) is 0 Å². The summed E-state index contributed by atoms with van der Waals surface area (Å²) in [7, 11) is 1.52. The van der Waals surface area contributed by atoms with E-state index in [2.05, 4.69) is 11.9 Å². The molecule has 1 fully saturated rings. The first-order valence-electron chi connectivity index (χ1n) is 6.59. The van der Waals surface area contributed by atoms with Crippen LogP contribution >= 0.6 is 11.6 Å². The number of ether oxygens (including phenoxy) is 1. The lowest BCUT2D eigenvalue weighted by Gasteiger charge is -2.30. The maximum atomic E-state index is 11.3. The highest BCUT2D eigenvalue weighted by atomic mass is 35.5. The second-order valence-electron chi connectivity index (χ2n) is 4.87. The molecule has 1 aliphatic heterocycles. The molecule has 3 nitrogen and oxygen atoms in total. The van der Waals surface area contributed by atoms with Gasteiger partial charge in [0.2, 0.25) is 0 Å². The summed E-state index contributed by atoms with van der Waals surface area (Å²) in [5.41, 5.74) is 0. The third kappa shape index (κ3) is 4.79. The average molecular weight is 302 g/mol. The molecule has 1 aromatic carbocycles. The summed E-state index contributed by atoms with van der Waals surface area (Å²) < 4.78 is 17.0. The fourth-order valence-corrected chi connectivity index (χ4v) is 3.72. The number of likely N-dealkylation sites (N-methyl/N-ethyl adjacent to an activating group) is 1. The molecule has 1 aromatic rings. The van der Waals surface area contributed by atoms with Crippen molar-refractivity contribution in [3.8, 4) is 5.75 Å². The maximum Gasteiger partial charge on any atom is 0.120 e. The van der Waals surface area contributed by atoms with Crippen LogP contribution in [-0.4, -0.2) is 46.9 Å². The number of nitrogens with zero attached hydrogens (tertiary/aromatic N) is 1. The van der Waals surface area contributed by atoms with E-state index in [0.717, 1.165) is 36.6 Å². The highest BCUT2D eigenvalue weighted by Crippen LogP contribution is 2.18. The summed E-state index contributed by atoms with van der Waals surface area (Å²) in [5, 5.41) is 0.695. The van der Waals surface area contributed by atoms with E-state index in [1.54, 1.807) is 0 Å². The van der Waals surface area contributed by atoms with Gasteiger partial charge in [0.25, 0.3) is 0 Å². The van der Waals surface area contributed by atoms with Crippen LogP contribution < -0.4 is 4.74 Å². The van der Waals surface area contributed by atoms with Crippen molar-refractivity contribution in [2.45, 2.75) is 18.9 Å². The first-order chi connectivity index (χ1) is 9.15. The van der Waals surface area contributed by atoms with Gasteiger partial charge in [-0.2, -0.15) is 0 Å². The van der Waals surface area contributed by atoms with Crippen LogP contribution in [-0.2, 0) is 10.8 Å². The van der Waals surface area contributed by atoms with E-state index < -0.39 is 10.8 Å². The Labute approximate surface area is 122 Å². The molecule has 0 amide bonds. The summed E-state index contributed by atoms with van der Waals surface area (Å²) in [6, 6.07) is 8.00. The lowest BCUT2D eigenvalue weighted by Crippen LogP contribution is -2.39. The van der Waals surface area contributed by atoms with Crippen LogP contribution in [0.5, 0.6) is 5.75 Å². The zero-order valence-electron chi connectivity index (χ0n) is 11.2. The van der Waals surface area contributed by atoms with E-state index in [9.17, 15) is 4.21 Å². The Morgan fingerprint density at radius 2 is 2.16 bits per heavy atom. The predicted octanol–water partition coefficient (Wildman–Crippen LogP) is 2.56. The highest BCUT2D eigenvalue weighted by Gasteiger charge is 2.21. The van der Waals surface area contributed by atoms with E-state index in [4.69, 9.17) is 16.3 Å². The van der Waals surface area contributed by atoms with Gasteiger partial charge in [-0.05, 0) is 38.1 Å². The molecule has 0 unspecified atom stereocenters. The predicted molar refractivity (Wildman–Crippen MR) is 80.5 cm³/mol. The largest absolute Gasteiger partial charge is 0.492 e. The van der Waals surface area contributed by atoms with E-state index in [1.807, 2.05) is 24.3 Å². The van der Waals surface area contributed by atoms with Crippen molar-refractivity contribution in [3.63, 3.8) is 0 Å². The van der Waals surface area contributed by atoms with Crippen LogP contribution in [0.25, 0.3) is 0 Å². The Bertz CT molecular complexity index is 431. The van der Waals surface area contributed by atoms with Crippen molar-refractivity contribution in [1.82, 2.24) is 4.90 Å². The molecule has 2 rings (SSSR count). The van der Waals surface area contributed by atoms with Crippen molar-refractivity contribution in [3.05, 3.63) is 29.3 Å². The molecule has 0 aliphatic carbocycles. The monoisotopic (exact) mass is 301 g/mol. The Morgan fingerprint density at radius 3 is 2.84 bits per heavy atom. The van der Waals surface area contributed by atoms with Crippen molar-refractivity contribution in [1.29, 1.82) is 0 Å². The Morgan fingerprint density at radius 1 is 1.42 bits per heavy atom. The molecule has 1 saturated heterocycles. The molecular weight excluding hydrogens is 282 g/mol. The van der Waals surface area contributed by atoms with Gasteiger partial charge >= 0.3 is 0 Å². The van der Waals surface area contributed by atoms with Crippen molar-refractivity contribution >= 4 is 22.4 Å². The van der Waals surface area contributed by atoms with Crippen molar-refractivity contribution < 1.29 is 8.95 Å². The van der Waals surface area contributed by atoms with Crippen molar-refractivity contribution in [2.24, 2.45) is 0 Å². The zero-order chi connectivity index (χ0) is 13.7. The van der Waals surface area contributed by atoms with Gasteiger partial charge in [0.05, 0.1) is 0 Å². The number of halogens is 1. The van der Waals surface area contributed by atoms with E-state index >= 15 is 0 Å². The second-order valence-corrected chi connectivity index (χ2v) is 7.00. The highest BCUT2D eigenvalue weighted by molar-refractivity contribution is 7.85. The molecule has 0 bridgehead atoms. The zero-order valence-corrected chi connectivity index (χ0v) is 12.8. The second kappa shape index (κ2) is 7.27. The molecule has 0 saturated carbocycles. The fraction of sp³-hybridized carbons (Fsp3) is 0.571. The lowest BCUT2D eigenvalue weighted by molar-refractivity contribution is 0.182. The summed E-state index contributed by atoms with van der Waals surface area (Å²) in [5.74, 6) is 2.49. The van der Waals surface area contributed by atoms with Crippen LogP contribution in [0.2, 0.25) is 5.02 Å². The third-order valence-corrected chi connectivity index (χ3v) is 5.11. The SMILES string of the molecule is CN(CCOc1cccc(Cl)c1)C1CCS(=O)CC1. The molecule has 0 radical (unpaired) electrons. The number of hydrogen-bond acceptors (Lipinski definition) is 3. The quantitative estimate of drug-likeness (QED) is 0.837. The Kier molecular flexibility index (Phi) is 5.67. The van der Waals surface area contributed by atoms with Crippen LogP contribution in [0.15, 0.2) is 24.3 Å². The number of rotatable bonds is 5. The van der Waals surface area contributed by atoms with E-state index in [-0.39, 0.29) is 0 Å². The fourth-order valence-electron chi connectivity index (χ4n) is 2.27. The molecule has 1 heterocycles. The third-order valence-electron chi connectivity index (χ3n) is 3.49. The molecule has 19 heavy (non-hydrogen) atoms. The minimum Gasteiger partial charge on any atom is -0.492 e. The van der Waals surface area contributed by atoms with Gasteiger partial charge in [-0.25, -0.2) is 0 Å². The van der Waals surface area contributed by atoms with E-state index in [1.165, 1.54) is 0 Å². The summed E-state index contributed by atoms with van der Waals surface area (Å²) >= 11 is 5.90. The minimum absolute atomic E-state index is 0.542. The van der Waals surface area contributed by atoms with Gasteiger partial charge in [0, 0.05) is 39.9 Å². The van der Waals surface area contributed by atoms with Gasteiger partial charge in [0.1, 0.15) is 12.4 Å². The molecule has 0 N–H and O–H groups in total. The van der Waals surface area contributed by atoms with Crippen LogP contribution in [0.3, 0.4) is 0 Å². The first kappa shape index (κ1) is 14.8. The summed E-state index contributed by atoms with van der Waals surface area (Å²) in [4.78, 5) is 2.31. The molecule has 0 atom stereocenters. The molecule has 0 spiro atoms. The lowest BCUT2D eigenvalue weighted by atomic mass is 10.1. The normalized spacial score (nSPS) is 23.5. The molecule has 5 heteroatoms. The first-order valence-corrected chi connectivity index (χ1v) is 8.45. The number of benzene rings is 1. The van der Waals surface area contributed by atoms with Crippen LogP contribution in [0, 0.1) is 0 Å². The Hall–Kier alpha value is -0.580. The molecular formula is C14H20ClNO2S. The van der Waals surface area contributed by atoms with Crippen LogP contribution in [0.1, 0.15) is 12.8 Å². The summed E-state index contributed by atoms with van der Waals surface area (Å²) in [6.07, 6.45) is 2.06. The maximum absolute atomic E-state index is 11.3. The van der Waals surface area contributed by atoms with Crippen molar-refractivity contribution in [2.75, 3.05) is 31.7 Å². The molecule has 0 aromatic heterocycles. The van der Waals surface area contributed by atoms with Gasteiger partial charge in [-0.1, -0.05) is 17.7 Å². The number of hydrogen-bond donors (Lipinski definition) is 0. The average Bonchev–Trinajstić information content (AvgIpc) is 2.39. The topological polar surface area (TPSA) is 29.5 Å².